The van der Waals surface area contributed by atoms with Crippen molar-refractivity contribution >= 4 is 22.8 Å². The van der Waals surface area contributed by atoms with Crippen molar-refractivity contribution in [3.8, 4) is 0 Å². The molecule has 3 nitrogen and oxygen atoms in total. The van der Waals surface area contributed by atoms with Gasteiger partial charge >= 0.3 is 0 Å². The highest BCUT2D eigenvalue weighted by atomic mass is 32.2. The fourth-order valence-corrected chi connectivity index (χ4v) is 3.18. The van der Waals surface area contributed by atoms with Crippen molar-refractivity contribution in [1.82, 2.24) is 9.55 Å². The van der Waals surface area contributed by atoms with Crippen LogP contribution < -0.4 is 5.73 Å². The number of thioether (sulfide) groups is 1. The van der Waals surface area contributed by atoms with Gasteiger partial charge in [-0.1, -0.05) is 18.2 Å². The summed E-state index contributed by atoms with van der Waals surface area (Å²) in [6.45, 7) is 1.49. The molecule has 0 bridgehead atoms. The largest absolute Gasteiger partial charge is 0.331 e. The second-order valence-corrected chi connectivity index (χ2v) is 5.76. The monoisotopic (exact) mass is 283 g/mol. The smallest absolute Gasteiger partial charge is 0.140 e. The number of aryl methyl sites for hydroxylation is 1. The molecule has 0 radical (unpaired) electrons. The van der Waals surface area contributed by atoms with Crippen LogP contribution in [0.15, 0.2) is 59.8 Å². The maximum Gasteiger partial charge on any atom is 0.140 e. The Bertz CT molecular complexity index is 691. The van der Waals surface area contributed by atoms with E-state index < -0.39 is 0 Å². The number of pyridine rings is 1. The van der Waals surface area contributed by atoms with E-state index in [0.29, 0.717) is 6.54 Å². The van der Waals surface area contributed by atoms with Crippen LogP contribution in [0, 0.1) is 0 Å². The van der Waals surface area contributed by atoms with Gasteiger partial charge in [0, 0.05) is 41.5 Å². The number of hydrogen-bond donors (Lipinski definition) is 1. The van der Waals surface area contributed by atoms with Gasteiger partial charge in [0.2, 0.25) is 0 Å². The summed E-state index contributed by atoms with van der Waals surface area (Å²) in [6.07, 6.45) is 3.96. The molecule has 4 heteroatoms. The van der Waals surface area contributed by atoms with Gasteiger partial charge in [0.15, 0.2) is 0 Å². The summed E-state index contributed by atoms with van der Waals surface area (Å²) >= 11 is 1.86. The molecule has 0 atom stereocenters. The molecule has 2 N–H and O–H groups in total. The number of nitrogens with zero attached hydrogens (tertiary/aromatic N) is 2. The lowest BCUT2D eigenvalue weighted by molar-refractivity contribution is 0.791. The van der Waals surface area contributed by atoms with Crippen LogP contribution in [-0.4, -0.2) is 15.3 Å². The van der Waals surface area contributed by atoms with E-state index in [1.165, 1.54) is 10.3 Å². The van der Waals surface area contributed by atoms with Gasteiger partial charge in [-0.3, -0.25) is 0 Å². The van der Waals surface area contributed by atoms with E-state index in [4.69, 9.17) is 5.73 Å². The van der Waals surface area contributed by atoms with Gasteiger partial charge in [-0.2, -0.15) is 0 Å². The van der Waals surface area contributed by atoms with Gasteiger partial charge in [0.1, 0.15) is 5.65 Å². The van der Waals surface area contributed by atoms with E-state index in [-0.39, 0.29) is 0 Å². The van der Waals surface area contributed by atoms with Crippen LogP contribution >= 0.6 is 11.8 Å². The zero-order valence-corrected chi connectivity index (χ0v) is 12.0. The Balaban J connectivity index is 1.74. The maximum absolute atomic E-state index is 5.80. The van der Waals surface area contributed by atoms with E-state index in [9.17, 15) is 0 Å². The molecular weight excluding hydrogens is 266 g/mol. The highest BCUT2D eigenvalue weighted by Crippen LogP contribution is 2.21. The second kappa shape index (κ2) is 6.11. The third kappa shape index (κ3) is 2.71. The van der Waals surface area contributed by atoms with E-state index in [0.717, 1.165) is 23.5 Å². The summed E-state index contributed by atoms with van der Waals surface area (Å²) in [6, 6.07) is 14.5. The first-order chi connectivity index (χ1) is 9.88. The maximum atomic E-state index is 5.80. The highest BCUT2D eigenvalue weighted by molar-refractivity contribution is 7.99. The Morgan fingerprint density at radius 3 is 2.75 bits per heavy atom. The average molecular weight is 283 g/mol. The third-order valence-electron chi connectivity index (χ3n) is 3.28. The fourth-order valence-electron chi connectivity index (χ4n) is 2.31. The molecule has 102 valence electrons. The van der Waals surface area contributed by atoms with Crippen LogP contribution in [0.5, 0.6) is 0 Å². The second-order valence-electron chi connectivity index (χ2n) is 4.59. The molecule has 0 saturated heterocycles. The van der Waals surface area contributed by atoms with Gasteiger partial charge < -0.3 is 10.3 Å². The van der Waals surface area contributed by atoms with E-state index in [1.807, 2.05) is 30.1 Å². The lowest BCUT2D eigenvalue weighted by atomic mass is 10.2. The number of aromatic nitrogens is 2. The number of nitrogens with two attached hydrogens (primary N) is 1. The summed E-state index contributed by atoms with van der Waals surface area (Å²) in [5.41, 5.74) is 8.00. The number of rotatable bonds is 5. The zero-order valence-electron chi connectivity index (χ0n) is 11.2. The van der Waals surface area contributed by atoms with Gasteiger partial charge in [-0.05, 0) is 29.8 Å². The predicted molar refractivity (Wildman–Crippen MR) is 84.8 cm³/mol. The average Bonchev–Trinajstić information content (AvgIpc) is 2.87. The number of benzene rings is 1. The summed E-state index contributed by atoms with van der Waals surface area (Å²) in [5, 5.41) is 1.17. The summed E-state index contributed by atoms with van der Waals surface area (Å²) in [4.78, 5) is 5.78. The molecule has 0 aliphatic rings. The van der Waals surface area contributed by atoms with Crippen LogP contribution in [0.1, 0.15) is 5.56 Å². The lowest BCUT2D eigenvalue weighted by Gasteiger charge is -2.04. The SMILES string of the molecule is NCc1cn(CCSc2ccccc2)c2ncccc12. The van der Waals surface area contributed by atoms with Crippen LogP contribution in [0.2, 0.25) is 0 Å². The lowest BCUT2D eigenvalue weighted by Crippen LogP contribution is -2.00. The molecule has 0 spiro atoms. The van der Waals surface area contributed by atoms with E-state index in [2.05, 4.69) is 46.1 Å². The minimum Gasteiger partial charge on any atom is -0.331 e. The Hall–Kier alpha value is -1.78. The third-order valence-corrected chi connectivity index (χ3v) is 4.27. The topological polar surface area (TPSA) is 43.8 Å². The van der Waals surface area contributed by atoms with Crippen LogP contribution in [0.4, 0.5) is 0 Å². The van der Waals surface area contributed by atoms with Crippen molar-refractivity contribution in [2.45, 2.75) is 18.0 Å². The van der Waals surface area contributed by atoms with Crippen LogP contribution in [-0.2, 0) is 13.1 Å². The minimum atomic E-state index is 0.557. The molecule has 0 aliphatic carbocycles. The summed E-state index contributed by atoms with van der Waals surface area (Å²) in [7, 11) is 0. The van der Waals surface area contributed by atoms with Gasteiger partial charge in [0.05, 0.1) is 0 Å². The Morgan fingerprint density at radius 1 is 1.10 bits per heavy atom. The molecule has 0 unspecified atom stereocenters. The predicted octanol–water partition coefficient (Wildman–Crippen LogP) is 3.29. The normalized spacial score (nSPS) is 11.1. The van der Waals surface area contributed by atoms with Gasteiger partial charge in [-0.15, -0.1) is 11.8 Å². The van der Waals surface area contributed by atoms with E-state index in [1.54, 1.807) is 0 Å². The molecule has 20 heavy (non-hydrogen) atoms. The molecule has 2 aromatic heterocycles. The Labute approximate surface area is 122 Å². The number of fused-ring (bicyclic) bond motifs is 1. The van der Waals surface area contributed by atoms with Crippen LogP contribution in [0.3, 0.4) is 0 Å². The van der Waals surface area contributed by atoms with Crippen molar-refractivity contribution in [3.05, 3.63) is 60.4 Å². The minimum absolute atomic E-state index is 0.557. The van der Waals surface area contributed by atoms with Crippen molar-refractivity contribution in [3.63, 3.8) is 0 Å². The van der Waals surface area contributed by atoms with Gasteiger partial charge in [-0.25, -0.2) is 4.98 Å². The fraction of sp³-hybridized carbons (Fsp3) is 0.188. The van der Waals surface area contributed by atoms with Crippen molar-refractivity contribution in [1.29, 1.82) is 0 Å². The number of hydrogen-bond acceptors (Lipinski definition) is 3. The molecule has 0 aliphatic heterocycles. The van der Waals surface area contributed by atoms with Crippen molar-refractivity contribution in [2.24, 2.45) is 5.73 Å². The zero-order chi connectivity index (χ0) is 13.8. The summed E-state index contributed by atoms with van der Waals surface area (Å²) < 4.78 is 2.20. The van der Waals surface area contributed by atoms with Crippen LogP contribution in [0.25, 0.3) is 11.0 Å². The standard InChI is InChI=1S/C16H17N3S/c17-11-13-12-19(16-15(13)7-4-8-18-16)9-10-20-14-5-2-1-3-6-14/h1-8,12H,9-11,17H2. The first-order valence-electron chi connectivity index (χ1n) is 6.69. The molecule has 0 amide bonds. The molecule has 0 fully saturated rings. The van der Waals surface area contributed by atoms with Gasteiger partial charge in [0.25, 0.3) is 0 Å². The molecule has 2 heterocycles. The Kier molecular flexibility index (Phi) is 4.04. The van der Waals surface area contributed by atoms with Crippen molar-refractivity contribution < 1.29 is 0 Å². The molecule has 3 aromatic rings. The molecule has 1 aromatic carbocycles. The first kappa shape index (κ1) is 13.2. The van der Waals surface area contributed by atoms with Crippen molar-refractivity contribution in [2.75, 3.05) is 5.75 Å². The molecule has 0 saturated carbocycles. The quantitative estimate of drug-likeness (QED) is 0.731. The summed E-state index contributed by atoms with van der Waals surface area (Å²) in [5.74, 6) is 1.02. The highest BCUT2D eigenvalue weighted by Gasteiger charge is 2.07. The Morgan fingerprint density at radius 2 is 1.95 bits per heavy atom. The van der Waals surface area contributed by atoms with E-state index >= 15 is 0 Å². The first-order valence-corrected chi connectivity index (χ1v) is 7.67. The molecule has 3 rings (SSSR count). The molecular formula is C16H17N3S.